The molecule has 0 saturated carbocycles. The molecule has 13 rings (SSSR count). The van der Waals surface area contributed by atoms with Gasteiger partial charge in [0.1, 0.15) is 5.58 Å². The van der Waals surface area contributed by atoms with Crippen LogP contribution in [-0.4, -0.2) is 24.1 Å². The predicted octanol–water partition coefficient (Wildman–Crippen LogP) is 20.3. The van der Waals surface area contributed by atoms with E-state index in [0.717, 1.165) is 61.5 Å². The summed E-state index contributed by atoms with van der Waals surface area (Å²) in [5, 5.41) is 11.5. The van der Waals surface area contributed by atoms with Crippen molar-refractivity contribution in [3.8, 4) is 73.7 Å². The average molecular weight is 1310 g/mol. The van der Waals surface area contributed by atoms with Gasteiger partial charge in [-0.15, -0.1) is 77.9 Å². The number of furan rings is 1. The first-order chi connectivity index (χ1) is 41.3. The number of benzene rings is 9. The Balaban J connectivity index is 0.000000178. The Hall–Kier alpha value is -9.39. The molecule has 0 radical (unpaired) electrons. The maximum Gasteiger partial charge on any atom is 3.00 e. The number of fused-ring (bicyclic) bond motifs is 4. The minimum Gasteiger partial charge on any atom is -0.500 e. The van der Waals surface area contributed by atoms with Gasteiger partial charge in [-0.25, -0.2) is 0 Å². The molecule has 0 saturated heterocycles. The van der Waals surface area contributed by atoms with Crippen molar-refractivity contribution in [3.63, 3.8) is 0 Å². The molecule has 10 heteroatoms. The second-order valence-corrected chi connectivity index (χ2v) is 22.3. The number of pyridine rings is 1. The summed E-state index contributed by atoms with van der Waals surface area (Å²) in [4.78, 5) is 13.9. The number of hydrogen-bond acceptors (Lipinski definition) is 5. The van der Waals surface area contributed by atoms with E-state index >= 15 is 0 Å². The standard InChI is InChI=1S/C44H34N3O.C21H22FN2.C11H7FN.Ir/c1-27(2)37-24-33(32-20-18-31(19-21-32)30-11-6-5-7-12-30)25-38(28(3)4)42(37)47-40-16-9-8-15-39(40)46-44(47)36-14-10-13-35-34-22-17-29(26-45)23-41(34)48-43(35)36;1-14(2)18-6-5-7-19(15(3)4)20(18)24-13-12-23-21(24)16-8-10-17(22)11-9-16;12-10-6-4-9(5-7-10)11-3-1-2-8-13-11;/h5-13,15-25,27-28H,1-4H3;5-8,10-15H,1-4H3;1-4,6-8H;/q3*-1;+3. The third-order valence-corrected chi connectivity index (χ3v) is 15.3. The van der Waals surface area contributed by atoms with E-state index in [2.05, 4.69) is 202 Å². The molecule has 0 amide bonds. The molecule has 4 aromatic heterocycles. The molecular formula is C76H63F2IrN6O. The molecule has 13 aromatic rings. The topological polar surface area (TPSA) is 85.5 Å². The van der Waals surface area contributed by atoms with Crippen molar-refractivity contribution in [2.45, 2.75) is 79.1 Å². The van der Waals surface area contributed by atoms with Crippen LogP contribution >= 0.6 is 0 Å². The van der Waals surface area contributed by atoms with Crippen LogP contribution in [0.15, 0.2) is 217 Å². The van der Waals surface area contributed by atoms with E-state index in [4.69, 9.17) is 9.40 Å². The Morgan fingerprint density at radius 3 is 1.72 bits per heavy atom. The van der Waals surface area contributed by atoms with Crippen molar-refractivity contribution in [2.75, 3.05) is 0 Å². The van der Waals surface area contributed by atoms with Crippen molar-refractivity contribution >= 4 is 33.0 Å². The Labute approximate surface area is 515 Å². The van der Waals surface area contributed by atoms with Gasteiger partial charge in [0.05, 0.1) is 39.9 Å². The van der Waals surface area contributed by atoms with Crippen LogP contribution in [0.4, 0.5) is 8.78 Å². The van der Waals surface area contributed by atoms with Crippen LogP contribution in [0, 0.1) is 41.2 Å². The number of hydrogen-bond donors (Lipinski definition) is 0. The molecule has 0 fully saturated rings. The van der Waals surface area contributed by atoms with Crippen LogP contribution in [0.1, 0.15) is 107 Å². The number of aromatic nitrogens is 5. The van der Waals surface area contributed by atoms with Gasteiger partial charge >= 0.3 is 20.1 Å². The third-order valence-electron chi connectivity index (χ3n) is 15.3. The van der Waals surface area contributed by atoms with Gasteiger partial charge in [0.2, 0.25) is 0 Å². The van der Waals surface area contributed by atoms with Crippen LogP contribution in [0.3, 0.4) is 0 Å². The smallest absolute Gasteiger partial charge is 0.500 e. The largest absolute Gasteiger partial charge is 3.00 e. The molecule has 7 nitrogen and oxygen atoms in total. The van der Waals surface area contributed by atoms with Gasteiger partial charge in [-0.1, -0.05) is 169 Å². The van der Waals surface area contributed by atoms with Gasteiger partial charge in [0.15, 0.2) is 0 Å². The molecule has 0 spiro atoms. The van der Waals surface area contributed by atoms with Crippen LogP contribution in [0.2, 0.25) is 0 Å². The third kappa shape index (κ3) is 12.4. The molecule has 9 aromatic carbocycles. The predicted molar refractivity (Wildman–Crippen MR) is 341 cm³/mol. The summed E-state index contributed by atoms with van der Waals surface area (Å²) < 4.78 is 36.7. The van der Waals surface area contributed by atoms with Gasteiger partial charge in [-0.3, -0.25) is 18.7 Å². The van der Waals surface area contributed by atoms with E-state index < -0.39 is 0 Å². The van der Waals surface area contributed by atoms with Crippen LogP contribution in [-0.2, 0) is 20.1 Å². The molecule has 0 aliphatic rings. The normalized spacial score (nSPS) is 11.2. The van der Waals surface area contributed by atoms with E-state index in [0.29, 0.717) is 28.6 Å². The van der Waals surface area contributed by atoms with Gasteiger partial charge in [-0.05, 0) is 116 Å². The van der Waals surface area contributed by atoms with Gasteiger partial charge < -0.3 is 18.5 Å². The molecule has 426 valence electrons. The van der Waals surface area contributed by atoms with Crippen LogP contribution in [0.25, 0.3) is 101 Å². The van der Waals surface area contributed by atoms with Crippen molar-refractivity contribution in [1.82, 2.24) is 24.1 Å². The molecule has 0 atom stereocenters. The van der Waals surface area contributed by atoms with E-state index in [9.17, 15) is 14.0 Å². The van der Waals surface area contributed by atoms with Crippen molar-refractivity contribution in [1.29, 1.82) is 5.26 Å². The second-order valence-electron chi connectivity index (χ2n) is 22.3. The minimum atomic E-state index is -0.290. The maximum atomic E-state index is 13.2. The Bertz CT molecular complexity index is 4440. The fourth-order valence-corrected chi connectivity index (χ4v) is 11.0. The fourth-order valence-electron chi connectivity index (χ4n) is 11.0. The first-order valence-electron chi connectivity index (χ1n) is 28.8. The monoisotopic (exact) mass is 1310 g/mol. The van der Waals surface area contributed by atoms with E-state index in [-0.39, 0.29) is 43.6 Å². The zero-order valence-electron chi connectivity index (χ0n) is 49.2. The first kappa shape index (κ1) is 59.8. The number of nitriles is 1. The Morgan fingerprint density at radius 1 is 0.512 bits per heavy atom. The van der Waals surface area contributed by atoms with E-state index in [1.54, 1.807) is 30.6 Å². The zero-order valence-corrected chi connectivity index (χ0v) is 51.6. The molecule has 0 aliphatic heterocycles. The van der Waals surface area contributed by atoms with E-state index in [1.165, 1.54) is 74.5 Å². The van der Waals surface area contributed by atoms with E-state index in [1.807, 2.05) is 54.7 Å². The quantitative estimate of drug-likeness (QED) is 0.120. The summed E-state index contributed by atoms with van der Waals surface area (Å²) in [6.07, 6.45) is 5.46. The van der Waals surface area contributed by atoms with Gasteiger partial charge in [0, 0.05) is 47.0 Å². The molecule has 0 bridgehead atoms. The Kier molecular flexibility index (Phi) is 18.2. The SMILES string of the molecule is CC(C)c1cc(-c2ccc(-c3ccccc3)cc2)cc(C(C)C)c1-n1c(-c2[c-]ccc3c2oc2cc(C#N)ccc23)nc2ccccc21.CC(C)c1cccc(C(C)C)c1-n1ccnc1-c1[c-]cc(F)cc1.Fc1c[c-]c(-c2ccccn2)cc1.[Ir+3]. The molecule has 0 unspecified atom stereocenters. The number of rotatable bonds is 11. The summed E-state index contributed by atoms with van der Waals surface area (Å²) >= 11 is 0. The number of halogens is 2. The van der Waals surface area contributed by atoms with Crippen molar-refractivity contribution < 1.29 is 33.3 Å². The van der Waals surface area contributed by atoms with Crippen LogP contribution in [0.5, 0.6) is 0 Å². The van der Waals surface area contributed by atoms with Gasteiger partial charge in [-0.2, -0.15) is 5.26 Å². The fraction of sp³-hybridized carbons (Fsp3) is 0.158. The number of imidazole rings is 2. The summed E-state index contributed by atoms with van der Waals surface area (Å²) in [6.45, 7) is 17.9. The van der Waals surface area contributed by atoms with Crippen molar-refractivity contribution in [3.05, 3.63) is 270 Å². The summed E-state index contributed by atoms with van der Waals surface area (Å²) in [7, 11) is 0. The second kappa shape index (κ2) is 26.3. The van der Waals surface area contributed by atoms with Crippen molar-refractivity contribution in [2.24, 2.45) is 0 Å². The zero-order chi connectivity index (χ0) is 59.3. The molecule has 86 heavy (non-hydrogen) atoms. The average Bonchev–Trinajstić information content (AvgIpc) is 1.63. The molecule has 0 aliphatic carbocycles. The number of nitrogens with zero attached hydrogens (tertiary/aromatic N) is 6. The Morgan fingerprint density at radius 2 is 1.12 bits per heavy atom. The summed E-state index contributed by atoms with van der Waals surface area (Å²) in [5.74, 6) is 2.27. The molecular weight excluding hydrogens is 1240 g/mol. The maximum absolute atomic E-state index is 13.2. The molecule has 0 N–H and O–H groups in total. The summed E-state index contributed by atoms with van der Waals surface area (Å²) in [6, 6.07) is 74.5. The summed E-state index contributed by atoms with van der Waals surface area (Å²) in [5.41, 5.74) is 19.3. The van der Waals surface area contributed by atoms with Gasteiger partial charge in [0.25, 0.3) is 0 Å². The minimum absolute atomic E-state index is 0. The van der Waals surface area contributed by atoms with Crippen LogP contribution < -0.4 is 0 Å². The molecule has 4 heterocycles. The first-order valence-corrected chi connectivity index (χ1v) is 28.8. The number of para-hydroxylation sites is 3.